The van der Waals surface area contributed by atoms with E-state index >= 15 is 0 Å². The van der Waals surface area contributed by atoms with Gasteiger partial charge in [-0.25, -0.2) is 4.79 Å². The Morgan fingerprint density at radius 3 is 2.52 bits per heavy atom. The number of rotatable bonds is 7. The van der Waals surface area contributed by atoms with Gasteiger partial charge >= 0.3 is 5.97 Å². The number of aromatic carboxylic acids is 1. The van der Waals surface area contributed by atoms with Crippen LogP contribution in [0.2, 0.25) is 0 Å². The molecule has 116 valence electrons. The molecule has 0 radical (unpaired) electrons. The maximum atomic E-state index is 10.9. The second-order valence-corrected chi connectivity index (χ2v) is 5.93. The number of carbonyl (C=O) groups is 1. The number of carboxylic acids is 1. The molecule has 4 nitrogen and oxygen atoms in total. The predicted octanol–water partition coefficient (Wildman–Crippen LogP) is 2.60. The van der Waals surface area contributed by atoms with Crippen LogP contribution >= 0.6 is 0 Å². The van der Waals surface area contributed by atoms with Gasteiger partial charge in [-0.05, 0) is 62.5 Å². The van der Waals surface area contributed by atoms with Crippen molar-refractivity contribution in [3.05, 3.63) is 35.4 Å². The highest BCUT2D eigenvalue weighted by molar-refractivity contribution is 5.87. The molecule has 2 N–H and O–H groups in total. The summed E-state index contributed by atoms with van der Waals surface area (Å²) >= 11 is 0. The summed E-state index contributed by atoms with van der Waals surface area (Å²) in [5.74, 6) is -0.0715. The van der Waals surface area contributed by atoms with Crippen molar-refractivity contribution in [1.29, 1.82) is 0 Å². The molecule has 0 atom stereocenters. The van der Waals surface area contributed by atoms with E-state index in [9.17, 15) is 4.79 Å². The maximum absolute atomic E-state index is 10.9. The van der Waals surface area contributed by atoms with E-state index in [1.54, 1.807) is 12.1 Å². The second kappa shape index (κ2) is 8.15. The SMILES string of the molecule is CCCN(Cc1ccc(C(=O)O)cc1)CC1CCNCC1. The molecule has 0 aromatic heterocycles. The van der Waals surface area contributed by atoms with Crippen molar-refractivity contribution >= 4 is 5.97 Å². The van der Waals surface area contributed by atoms with Crippen LogP contribution in [0.5, 0.6) is 0 Å². The summed E-state index contributed by atoms with van der Waals surface area (Å²) in [5.41, 5.74) is 1.56. The third kappa shape index (κ3) is 5.14. The van der Waals surface area contributed by atoms with Crippen LogP contribution in [0.1, 0.15) is 42.1 Å². The highest BCUT2D eigenvalue weighted by atomic mass is 16.4. The molecule has 1 aliphatic rings. The van der Waals surface area contributed by atoms with Crippen molar-refractivity contribution < 1.29 is 9.90 Å². The van der Waals surface area contributed by atoms with Gasteiger partial charge in [0.25, 0.3) is 0 Å². The van der Waals surface area contributed by atoms with Gasteiger partial charge in [-0.3, -0.25) is 4.90 Å². The van der Waals surface area contributed by atoms with Crippen LogP contribution in [0.3, 0.4) is 0 Å². The molecule has 0 bridgehead atoms. The van der Waals surface area contributed by atoms with Crippen LogP contribution in [0, 0.1) is 5.92 Å². The van der Waals surface area contributed by atoms with Gasteiger partial charge in [0.05, 0.1) is 5.56 Å². The second-order valence-electron chi connectivity index (χ2n) is 5.93. The summed E-state index contributed by atoms with van der Waals surface area (Å²) < 4.78 is 0. The molecule has 2 rings (SSSR count). The number of piperidine rings is 1. The van der Waals surface area contributed by atoms with Gasteiger partial charge in [0.15, 0.2) is 0 Å². The molecular formula is C17H26N2O2. The molecule has 1 heterocycles. The van der Waals surface area contributed by atoms with E-state index in [1.807, 2.05) is 12.1 Å². The zero-order chi connectivity index (χ0) is 15.1. The Morgan fingerprint density at radius 1 is 1.29 bits per heavy atom. The van der Waals surface area contributed by atoms with Gasteiger partial charge in [0.1, 0.15) is 0 Å². The van der Waals surface area contributed by atoms with Gasteiger partial charge in [-0.15, -0.1) is 0 Å². The topological polar surface area (TPSA) is 52.6 Å². The highest BCUT2D eigenvalue weighted by Gasteiger charge is 2.17. The molecule has 1 aromatic carbocycles. The third-order valence-corrected chi connectivity index (χ3v) is 4.12. The summed E-state index contributed by atoms with van der Waals surface area (Å²) in [7, 11) is 0. The normalized spacial score (nSPS) is 16.3. The van der Waals surface area contributed by atoms with Gasteiger partial charge in [-0.1, -0.05) is 19.1 Å². The Balaban J connectivity index is 1.92. The molecule has 0 amide bonds. The van der Waals surface area contributed by atoms with Crippen molar-refractivity contribution in [3.8, 4) is 0 Å². The smallest absolute Gasteiger partial charge is 0.335 e. The Kier molecular flexibility index (Phi) is 6.21. The fourth-order valence-electron chi connectivity index (χ4n) is 2.99. The zero-order valence-electron chi connectivity index (χ0n) is 12.8. The molecule has 0 spiro atoms. The van der Waals surface area contributed by atoms with Crippen LogP contribution in [0.25, 0.3) is 0 Å². The van der Waals surface area contributed by atoms with Gasteiger partial charge in [0.2, 0.25) is 0 Å². The van der Waals surface area contributed by atoms with Gasteiger partial charge in [-0.2, -0.15) is 0 Å². The van der Waals surface area contributed by atoms with E-state index in [1.165, 1.54) is 18.4 Å². The van der Waals surface area contributed by atoms with Crippen LogP contribution < -0.4 is 5.32 Å². The average molecular weight is 290 g/mol. The predicted molar refractivity (Wildman–Crippen MR) is 84.6 cm³/mol. The van der Waals surface area contributed by atoms with E-state index in [4.69, 9.17) is 5.11 Å². The Labute approximate surface area is 127 Å². The standard InChI is InChI=1S/C17H26N2O2/c1-2-11-19(13-15-7-9-18-10-8-15)12-14-3-5-16(6-4-14)17(20)21/h3-6,15,18H,2,7-13H2,1H3,(H,20,21). The summed E-state index contributed by atoms with van der Waals surface area (Å²) in [6, 6.07) is 7.28. The number of nitrogens with one attached hydrogen (secondary N) is 1. The lowest BCUT2D eigenvalue weighted by atomic mass is 9.97. The van der Waals surface area contributed by atoms with Crippen molar-refractivity contribution in [1.82, 2.24) is 10.2 Å². The fourth-order valence-corrected chi connectivity index (χ4v) is 2.99. The molecule has 0 unspecified atom stereocenters. The number of nitrogens with zero attached hydrogens (tertiary/aromatic N) is 1. The monoisotopic (exact) mass is 290 g/mol. The Bertz CT molecular complexity index is 439. The van der Waals surface area contributed by atoms with E-state index < -0.39 is 5.97 Å². The first kappa shape index (κ1) is 16.0. The Morgan fingerprint density at radius 2 is 1.95 bits per heavy atom. The van der Waals surface area contributed by atoms with Crippen molar-refractivity contribution in [2.75, 3.05) is 26.2 Å². The van der Waals surface area contributed by atoms with Crippen LogP contribution in [-0.2, 0) is 6.54 Å². The molecule has 4 heteroatoms. The molecular weight excluding hydrogens is 264 g/mol. The largest absolute Gasteiger partial charge is 0.478 e. The molecule has 1 aliphatic heterocycles. The van der Waals surface area contributed by atoms with E-state index in [0.29, 0.717) is 5.56 Å². The number of hydrogen-bond acceptors (Lipinski definition) is 3. The first-order valence-corrected chi connectivity index (χ1v) is 7.94. The first-order chi connectivity index (χ1) is 10.2. The number of benzene rings is 1. The molecule has 0 saturated carbocycles. The lowest BCUT2D eigenvalue weighted by Gasteiger charge is -2.30. The molecule has 21 heavy (non-hydrogen) atoms. The highest BCUT2D eigenvalue weighted by Crippen LogP contribution is 2.16. The Hall–Kier alpha value is -1.39. The van der Waals surface area contributed by atoms with E-state index in [-0.39, 0.29) is 0 Å². The maximum Gasteiger partial charge on any atom is 0.335 e. The molecule has 1 aromatic rings. The summed E-state index contributed by atoms with van der Waals surface area (Å²) in [4.78, 5) is 13.4. The quantitative estimate of drug-likeness (QED) is 0.810. The van der Waals surface area contributed by atoms with Crippen LogP contribution in [0.4, 0.5) is 0 Å². The summed E-state index contributed by atoms with van der Waals surface area (Å²) in [6.45, 7) is 7.65. The lowest BCUT2D eigenvalue weighted by molar-refractivity contribution is 0.0697. The van der Waals surface area contributed by atoms with Crippen LogP contribution in [-0.4, -0.2) is 42.2 Å². The van der Waals surface area contributed by atoms with E-state index in [0.717, 1.165) is 45.1 Å². The minimum atomic E-state index is -0.860. The number of carboxylic acid groups (broad SMARTS) is 1. The molecule has 1 fully saturated rings. The lowest BCUT2D eigenvalue weighted by Crippen LogP contribution is -2.36. The summed E-state index contributed by atoms with van der Waals surface area (Å²) in [6.07, 6.45) is 3.68. The van der Waals surface area contributed by atoms with E-state index in [2.05, 4.69) is 17.1 Å². The van der Waals surface area contributed by atoms with Gasteiger partial charge in [0, 0.05) is 13.1 Å². The zero-order valence-corrected chi connectivity index (χ0v) is 12.8. The third-order valence-electron chi connectivity index (χ3n) is 4.12. The molecule has 0 aliphatic carbocycles. The van der Waals surface area contributed by atoms with Crippen molar-refractivity contribution in [2.45, 2.75) is 32.7 Å². The molecule has 1 saturated heterocycles. The minimum absolute atomic E-state index is 0.360. The average Bonchev–Trinajstić information content (AvgIpc) is 2.49. The fraction of sp³-hybridized carbons (Fsp3) is 0.588. The van der Waals surface area contributed by atoms with Gasteiger partial charge < -0.3 is 10.4 Å². The summed E-state index contributed by atoms with van der Waals surface area (Å²) in [5, 5.41) is 12.4. The number of hydrogen-bond donors (Lipinski definition) is 2. The minimum Gasteiger partial charge on any atom is -0.478 e. The van der Waals surface area contributed by atoms with Crippen molar-refractivity contribution in [2.24, 2.45) is 5.92 Å². The van der Waals surface area contributed by atoms with Crippen LogP contribution in [0.15, 0.2) is 24.3 Å². The van der Waals surface area contributed by atoms with Crippen molar-refractivity contribution in [3.63, 3.8) is 0 Å². The first-order valence-electron chi connectivity index (χ1n) is 7.94.